The van der Waals surface area contributed by atoms with Crippen molar-refractivity contribution in [3.8, 4) is 5.75 Å². The van der Waals surface area contributed by atoms with Gasteiger partial charge in [-0.2, -0.15) is 0 Å². The molecule has 6 heteroatoms. The Kier molecular flexibility index (Phi) is 4.39. The molecule has 25 heavy (non-hydrogen) atoms. The molecule has 4 rings (SSSR count). The van der Waals surface area contributed by atoms with Crippen molar-refractivity contribution in [3.63, 3.8) is 0 Å². The molecule has 0 unspecified atom stereocenters. The van der Waals surface area contributed by atoms with Crippen molar-refractivity contribution in [1.82, 2.24) is 10.2 Å². The Morgan fingerprint density at radius 3 is 2.76 bits per heavy atom. The largest absolute Gasteiger partial charge is 0.494 e. The van der Waals surface area contributed by atoms with Crippen LogP contribution in [0.5, 0.6) is 5.75 Å². The van der Waals surface area contributed by atoms with Crippen LogP contribution in [0.1, 0.15) is 46.4 Å². The summed E-state index contributed by atoms with van der Waals surface area (Å²) in [6, 6.07) is 7.89. The molecule has 2 aliphatic heterocycles. The van der Waals surface area contributed by atoms with E-state index < -0.39 is 0 Å². The third-order valence-electron chi connectivity index (χ3n) is 4.89. The number of thiophene rings is 1. The van der Waals surface area contributed by atoms with Crippen molar-refractivity contribution in [3.05, 3.63) is 45.8 Å². The number of rotatable bonds is 4. The maximum Gasteiger partial charge on any atom is 0.256 e. The second-order valence-electron chi connectivity index (χ2n) is 6.38. The van der Waals surface area contributed by atoms with Crippen LogP contribution >= 0.6 is 11.3 Å². The molecule has 2 N–H and O–H groups in total. The lowest BCUT2D eigenvalue weighted by molar-refractivity contribution is 0.0934. The minimum atomic E-state index is -0.196. The van der Waals surface area contributed by atoms with Gasteiger partial charge in [0, 0.05) is 18.0 Å². The highest BCUT2D eigenvalue weighted by Crippen LogP contribution is 2.40. The van der Waals surface area contributed by atoms with Crippen LogP contribution in [0.4, 0.5) is 5.00 Å². The molecule has 0 bridgehead atoms. The van der Waals surface area contributed by atoms with Gasteiger partial charge in [0.1, 0.15) is 16.9 Å². The Labute approximate surface area is 152 Å². The molecule has 0 aliphatic carbocycles. The average Bonchev–Trinajstić information content (AvgIpc) is 3.00. The fraction of sp³-hybridized carbons (Fsp3) is 0.421. The normalized spacial score (nSPS) is 19.6. The first-order valence-corrected chi connectivity index (χ1v) is 9.68. The van der Waals surface area contributed by atoms with E-state index in [-0.39, 0.29) is 12.1 Å². The van der Waals surface area contributed by atoms with E-state index in [2.05, 4.69) is 22.5 Å². The second kappa shape index (κ2) is 6.69. The van der Waals surface area contributed by atoms with Gasteiger partial charge in [0.25, 0.3) is 5.91 Å². The van der Waals surface area contributed by atoms with Gasteiger partial charge < -0.3 is 15.4 Å². The summed E-state index contributed by atoms with van der Waals surface area (Å²) in [5, 5.41) is 7.62. The zero-order chi connectivity index (χ0) is 17.4. The van der Waals surface area contributed by atoms with Crippen molar-refractivity contribution in [1.29, 1.82) is 0 Å². The molecule has 1 atom stereocenters. The topological polar surface area (TPSA) is 53.6 Å². The van der Waals surface area contributed by atoms with Crippen molar-refractivity contribution in [2.24, 2.45) is 0 Å². The lowest BCUT2D eigenvalue weighted by Gasteiger charge is -2.28. The molecule has 2 aliphatic rings. The van der Waals surface area contributed by atoms with E-state index in [0.29, 0.717) is 6.61 Å². The number of fused-ring (bicyclic) bond motifs is 3. The van der Waals surface area contributed by atoms with Crippen LogP contribution in [0.2, 0.25) is 0 Å². The Hall–Kier alpha value is -2.05. The van der Waals surface area contributed by atoms with Gasteiger partial charge in [-0.25, -0.2) is 0 Å². The maximum atomic E-state index is 12.7. The van der Waals surface area contributed by atoms with Crippen molar-refractivity contribution in [2.45, 2.75) is 33.0 Å². The molecule has 1 amide bonds. The number of likely N-dealkylation sites (N-methyl/N-ethyl adjacent to an activating group) is 1. The van der Waals surface area contributed by atoms with Gasteiger partial charge in [0.05, 0.1) is 12.2 Å². The molecule has 0 saturated heterocycles. The van der Waals surface area contributed by atoms with Crippen LogP contribution < -0.4 is 15.4 Å². The van der Waals surface area contributed by atoms with Gasteiger partial charge >= 0.3 is 0 Å². The number of ether oxygens (including phenoxy) is 1. The summed E-state index contributed by atoms with van der Waals surface area (Å²) < 4.78 is 5.49. The van der Waals surface area contributed by atoms with E-state index in [1.54, 1.807) is 11.3 Å². The summed E-state index contributed by atoms with van der Waals surface area (Å²) >= 11 is 1.73. The first kappa shape index (κ1) is 16.4. The lowest BCUT2D eigenvalue weighted by atomic mass is 10.0. The van der Waals surface area contributed by atoms with Gasteiger partial charge in [0.2, 0.25) is 0 Å². The summed E-state index contributed by atoms with van der Waals surface area (Å²) in [5.41, 5.74) is 3.13. The molecule has 0 spiro atoms. The monoisotopic (exact) mass is 357 g/mol. The van der Waals surface area contributed by atoms with Crippen LogP contribution in [0.25, 0.3) is 0 Å². The third kappa shape index (κ3) is 3.00. The standard InChI is InChI=1S/C19H23N3O2S/c1-3-22-10-9-14-15(11-22)25-19-16(14)18(23)20-17(21-19)12-5-7-13(8-6-12)24-4-2/h5-8,17,21H,3-4,9-11H2,1-2H3,(H,20,23)/t17-/m0/s1. The summed E-state index contributed by atoms with van der Waals surface area (Å²) in [5.74, 6) is 0.885. The SMILES string of the molecule is CCOc1ccc([C@H]2NC(=O)c3c(sc4c3CCN(CC)C4)N2)cc1. The minimum Gasteiger partial charge on any atom is -0.494 e. The lowest BCUT2D eigenvalue weighted by Crippen LogP contribution is -2.38. The van der Waals surface area contributed by atoms with Crippen LogP contribution in [-0.4, -0.2) is 30.5 Å². The molecule has 132 valence electrons. The number of carbonyl (C=O) groups excluding carboxylic acids is 1. The number of benzene rings is 1. The molecule has 1 aromatic heterocycles. The van der Waals surface area contributed by atoms with Crippen LogP contribution in [0.3, 0.4) is 0 Å². The quantitative estimate of drug-likeness (QED) is 0.881. The fourth-order valence-corrected chi connectivity index (χ4v) is 4.84. The number of hydrogen-bond acceptors (Lipinski definition) is 5. The predicted molar refractivity (Wildman–Crippen MR) is 100 cm³/mol. The van der Waals surface area contributed by atoms with Gasteiger partial charge in [-0.3, -0.25) is 9.69 Å². The Morgan fingerprint density at radius 2 is 2.04 bits per heavy atom. The summed E-state index contributed by atoms with van der Waals surface area (Å²) in [7, 11) is 0. The molecular weight excluding hydrogens is 334 g/mol. The molecule has 0 saturated carbocycles. The number of amides is 1. The molecular formula is C19H23N3O2S. The molecule has 0 fully saturated rings. The number of carbonyl (C=O) groups is 1. The highest BCUT2D eigenvalue weighted by Gasteiger charge is 2.33. The molecule has 2 aromatic rings. The summed E-state index contributed by atoms with van der Waals surface area (Å²) in [6.45, 7) is 7.84. The summed E-state index contributed by atoms with van der Waals surface area (Å²) in [4.78, 5) is 16.5. The van der Waals surface area contributed by atoms with Crippen LogP contribution in [-0.2, 0) is 13.0 Å². The molecule has 1 aromatic carbocycles. The van der Waals surface area contributed by atoms with Gasteiger partial charge in [-0.05, 0) is 43.1 Å². The van der Waals surface area contributed by atoms with Crippen molar-refractivity contribution >= 4 is 22.2 Å². The second-order valence-corrected chi connectivity index (χ2v) is 7.48. The highest BCUT2D eigenvalue weighted by molar-refractivity contribution is 7.16. The number of nitrogens with zero attached hydrogens (tertiary/aromatic N) is 1. The molecule has 3 heterocycles. The van der Waals surface area contributed by atoms with E-state index in [1.807, 2.05) is 31.2 Å². The Morgan fingerprint density at radius 1 is 1.24 bits per heavy atom. The number of nitrogens with one attached hydrogen (secondary N) is 2. The summed E-state index contributed by atoms with van der Waals surface area (Å²) in [6.07, 6.45) is 0.760. The van der Waals surface area contributed by atoms with Crippen LogP contribution in [0.15, 0.2) is 24.3 Å². The van der Waals surface area contributed by atoms with Crippen molar-refractivity contribution < 1.29 is 9.53 Å². The van der Waals surface area contributed by atoms with E-state index in [0.717, 1.165) is 47.9 Å². The first-order valence-electron chi connectivity index (χ1n) is 8.86. The maximum absolute atomic E-state index is 12.7. The third-order valence-corrected chi connectivity index (χ3v) is 6.03. The average molecular weight is 357 g/mol. The Bertz CT molecular complexity index is 785. The fourth-order valence-electron chi connectivity index (χ4n) is 3.53. The first-order chi connectivity index (χ1) is 12.2. The van der Waals surface area contributed by atoms with Gasteiger partial charge in [-0.15, -0.1) is 11.3 Å². The number of anilines is 1. The minimum absolute atomic E-state index is 0.0371. The van der Waals surface area contributed by atoms with Gasteiger partial charge in [0.15, 0.2) is 0 Å². The zero-order valence-corrected chi connectivity index (χ0v) is 15.4. The van der Waals surface area contributed by atoms with E-state index in [9.17, 15) is 4.79 Å². The predicted octanol–water partition coefficient (Wildman–Crippen LogP) is 3.38. The smallest absolute Gasteiger partial charge is 0.256 e. The van der Waals surface area contributed by atoms with Crippen LogP contribution in [0, 0.1) is 0 Å². The van der Waals surface area contributed by atoms with E-state index in [1.165, 1.54) is 10.4 Å². The molecule has 0 radical (unpaired) electrons. The van der Waals surface area contributed by atoms with Crippen molar-refractivity contribution in [2.75, 3.05) is 25.0 Å². The number of hydrogen-bond donors (Lipinski definition) is 2. The molecule has 5 nitrogen and oxygen atoms in total. The zero-order valence-electron chi connectivity index (χ0n) is 14.6. The Balaban J connectivity index is 1.59. The van der Waals surface area contributed by atoms with E-state index >= 15 is 0 Å². The highest BCUT2D eigenvalue weighted by atomic mass is 32.1. The van der Waals surface area contributed by atoms with Gasteiger partial charge in [-0.1, -0.05) is 19.1 Å². The van der Waals surface area contributed by atoms with E-state index in [4.69, 9.17) is 4.74 Å².